The smallest absolute Gasteiger partial charge is 0.345 e. The van der Waals surface area contributed by atoms with Crippen LogP contribution in [0.4, 0.5) is 5.82 Å². The third kappa shape index (κ3) is 3.40. The van der Waals surface area contributed by atoms with Crippen LogP contribution in [0.2, 0.25) is 0 Å². The van der Waals surface area contributed by atoms with E-state index >= 15 is 0 Å². The summed E-state index contributed by atoms with van der Waals surface area (Å²) >= 11 is 1.06. The maximum atomic E-state index is 12.4. The van der Waals surface area contributed by atoms with Crippen molar-refractivity contribution in [3.05, 3.63) is 46.3 Å². The van der Waals surface area contributed by atoms with Crippen LogP contribution in [0.25, 0.3) is 10.2 Å². The van der Waals surface area contributed by atoms with E-state index in [9.17, 15) is 9.59 Å². The molecule has 0 spiro atoms. The summed E-state index contributed by atoms with van der Waals surface area (Å²) in [6.45, 7) is 0.806. The highest BCUT2D eigenvalue weighted by Gasteiger charge is 2.20. The number of aromatic amines is 1. The van der Waals surface area contributed by atoms with Crippen molar-refractivity contribution in [1.82, 2.24) is 15.5 Å². The lowest BCUT2D eigenvalue weighted by Gasteiger charge is -2.06. The van der Waals surface area contributed by atoms with Gasteiger partial charge in [0.15, 0.2) is 0 Å². The molecule has 7 nitrogen and oxygen atoms in total. The van der Waals surface area contributed by atoms with Crippen LogP contribution in [0.5, 0.6) is 0 Å². The van der Waals surface area contributed by atoms with Crippen molar-refractivity contribution < 1.29 is 14.7 Å². The van der Waals surface area contributed by atoms with E-state index < -0.39 is 5.97 Å². The number of aromatic nitrogens is 2. The van der Waals surface area contributed by atoms with Gasteiger partial charge in [0.2, 0.25) is 0 Å². The van der Waals surface area contributed by atoms with E-state index in [1.807, 2.05) is 12.1 Å². The van der Waals surface area contributed by atoms with Crippen molar-refractivity contribution >= 4 is 39.2 Å². The number of nitrogens with zero attached hydrogens (tertiary/aromatic N) is 1. The topological polar surface area (TPSA) is 107 Å². The number of carbonyl (C=O) groups is 2. The van der Waals surface area contributed by atoms with Crippen molar-refractivity contribution in [1.29, 1.82) is 0 Å². The van der Waals surface area contributed by atoms with Crippen LogP contribution in [-0.4, -0.2) is 33.2 Å². The third-order valence-corrected chi connectivity index (χ3v) is 5.11. The number of carbonyl (C=O) groups excluding carboxylic acids is 1. The quantitative estimate of drug-likeness (QED) is 0.543. The highest BCUT2D eigenvalue weighted by molar-refractivity contribution is 7.20. The number of rotatable bonds is 6. The highest BCUT2D eigenvalue weighted by Crippen LogP contribution is 2.29. The second-order valence-corrected chi connectivity index (χ2v) is 7.07. The lowest BCUT2D eigenvalue weighted by atomic mass is 10.1. The Morgan fingerprint density at radius 2 is 2.04 bits per heavy atom. The van der Waals surface area contributed by atoms with Crippen LogP contribution < -0.4 is 10.6 Å². The van der Waals surface area contributed by atoms with Gasteiger partial charge in [-0.2, -0.15) is 5.10 Å². The Kier molecular flexibility index (Phi) is 3.98. The molecule has 0 radical (unpaired) electrons. The Bertz CT molecular complexity index is 941. The molecule has 0 saturated heterocycles. The van der Waals surface area contributed by atoms with E-state index in [0.29, 0.717) is 27.6 Å². The fraction of sp³-hybridized carbons (Fsp3) is 0.235. The summed E-state index contributed by atoms with van der Waals surface area (Å²) < 4.78 is 0. The van der Waals surface area contributed by atoms with Gasteiger partial charge < -0.3 is 15.7 Å². The zero-order chi connectivity index (χ0) is 17.4. The Balaban J connectivity index is 1.46. The van der Waals surface area contributed by atoms with Crippen LogP contribution in [0.15, 0.2) is 30.3 Å². The number of hydrogen-bond donors (Lipinski definition) is 4. The van der Waals surface area contributed by atoms with Crippen molar-refractivity contribution in [3.63, 3.8) is 0 Å². The molecule has 0 unspecified atom stereocenters. The van der Waals surface area contributed by atoms with Gasteiger partial charge in [0.25, 0.3) is 5.91 Å². The first-order chi connectivity index (χ1) is 12.1. The zero-order valence-electron chi connectivity index (χ0n) is 13.2. The number of thiophene rings is 1. The maximum absolute atomic E-state index is 12.4. The Labute approximate surface area is 147 Å². The van der Waals surface area contributed by atoms with Crippen LogP contribution in [0.3, 0.4) is 0 Å². The lowest BCUT2D eigenvalue weighted by molar-refractivity contribution is 0.0702. The molecule has 1 saturated carbocycles. The molecule has 128 valence electrons. The standard InChI is InChI=1S/C17H16N4O3S/c22-15(10-3-1-9(2-4-10)8-18-11-5-6-11)19-14-12-7-13(17(23)24)25-16(12)21-20-14/h1-4,7,11,18H,5-6,8H2,(H,23,24)(H2,19,20,21,22). The SMILES string of the molecule is O=C(Nc1[nH]nc2sc(C(=O)O)cc12)c1ccc(CNC2CC2)cc1. The number of carboxylic acids is 1. The number of aromatic carboxylic acids is 1. The van der Waals surface area contributed by atoms with Gasteiger partial charge in [0.1, 0.15) is 15.5 Å². The van der Waals surface area contributed by atoms with Crippen LogP contribution >= 0.6 is 11.3 Å². The fourth-order valence-electron chi connectivity index (χ4n) is 2.52. The molecule has 1 aliphatic rings. The van der Waals surface area contributed by atoms with Crippen molar-refractivity contribution in [2.24, 2.45) is 0 Å². The number of anilines is 1. The van der Waals surface area contributed by atoms with Crippen molar-refractivity contribution in [2.45, 2.75) is 25.4 Å². The Morgan fingerprint density at radius 1 is 1.28 bits per heavy atom. The first kappa shape index (κ1) is 15.8. The number of hydrogen-bond acceptors (Lipinski definition) is 5. The molecule has 1 aliphatic carbocycles. The Morgan fingerprint density at radius 3 is 2.72 bits per heavy atom. The molecule has 2 heterocycles. The minimum Gasteiger partial charge on any atom is -0.477 e. The molecular weight excluding hydrogens is 340 g/mol. The van der Waals surface area contributed by atoms with Gasteiger partial charge in [-0.1, -0.05) is 12.1 Å². The minimum absolute atomic E-state index is 0.189. The molecule has 8 heteroatoms. The van der Waals surface area contributed by atoms with Gasteiger partial charge in [-0.05, 0) is 36.6 Å². The molecule has 4 rings (SSSR count). The molecule has 0 bridgehead atoms. The first-order valence-electron chi connectivity index (χ1n) is 7.95. The van der Waals surface area contributed by atoms with Gasteiger partial charge in [0.05, 0.1) is 5.39 Å². The molecule has 1 aromatic carbocycles. The fourth-order valence-corrected chi connectivity index (χ4v) is 3.36. The van der Waals surface area contributed by atoms with E-state index in [0.717, 1.165) is 23.4 Å². The zero-order valence-corrected chi connectivity index (χ0v) is 14.0. The molecule has 0 aliphatic heterocycles. The van der Waals surface area contributed by atoms with Crippen molar-refractivity contribution in [3.8, 4) is 0 Å². The van der Waals surface area contributed by atoms with Gasteiger partial charge >= 0.3 is 5.97 Å². The average molecular weight is 356 g/mol. The van der Waals surface area contributed by atoms with E-state index in [2.05, 4.69) is 20.8 Å². The first-order valence-corrected chi connectivity index (χ1v) is 8.76. The summed E-state index contributed by atoms with van der Waals surface area (Å²) in [5.41, 5.74) is 1.67. The van der Waals surface area contributed by atoms with Crippen LogP contribution in [0, 0.1) is 0 Å². The summed E-state index contributed by atoms with van der Waals surface area (Å²) in [6, 6.07) is 9.58. The Hall–Kier alpha value is -2.71. The molecule has 1 amide bonds. The largest absolute Gasteiger partial charge is 0.477 e. The number of H-pyrrole nitrogens is 1. The summed E-state index contributed by atoms with van der Waals surface area (Å²) in [6.07, 6.45) is 2.48. The molecular formula is C17H16N4O3S. The highest BCUT2D eigenvalue weighted by atomic mass is 32.1. The minimum atomic E-state index is -1.00. The van der Waals surface area contributed by atoms with E-state index in [1.54, 1.807) is 12.1 Å². The molecule has 1 fully saturated rings. The third-order valence-electron chi connectivity index (χ3n) is 4.09. The van der Waals surface area contributed by atoms with Crippen LogP contribution in [0.1, 0.15) is 38.4 Å². The molecule has 0 atom stereocenters. The predicted octanol–water partition coefficient (Wildman–Crippen LogP) is 2.83. The molecule has 4 N–H and O–H groups in total. The molecule has 2 aromatic heterocycles. The number of fused-ring (bicyclic) bond motifs is 1. The van der Waals surface area contributed by atoms with E-state index in [-0.39, 0.29) is 10.8 Å². The second kappa shape index (κ2) is 6.30. The van der Waals surface area contributed by atoms with Gasteiger partial charge in [-0.25, -0.2) is 4.79 Å². The number of carboxylic acid groups (broad SMARTS) is 1. The van der Waals surface area contributed by atoms with Gasteiger partial charge in [-0.3, -0.25) is 9.89 Å². The van der Waals surface area contributed by atoms with E-state index in [4.69, 9.17) is 5.11 Å². The summed E-state index contributed by atoms with van der Waals surface area (Å²) in [7, 11) is 0. The second-order valence-electron chi connectivity index (χ2n) is 6.04. The van der Waals surface area contributed by atoms with Gasteiger partial charge in [-0.15, -0.1) is 11.3 Å². The summed E-state index contributed by atoms with van der Waals surface area (Å²) in [5, 5.41) is 22.6. The summed E-state index contributed by atoms with van der Waals surface area (Å²) in [4.78, 5) is 24.2. The number of amides is 1. The predicted molar refractivity (Wildman–Crippen MR) is 95.2 cm³/mol. The van der Waals surface area contributed by atoms with E-state index in [1.165, 1.54) is 18.9 Å². The normalized spacial score (nSPS) is 13.9. The monoisotopic (exact) mass is 356 g/mol. The van der Waals surface area contributed by atoms with Gasteiger partial charge in [0, 0.05) is 18.2 Å². The average Bonchev–Trinajstić information content (AvgIpc) is 3.22. The number of benzene rings is 1. The van der Waals surface area contributed by atoms with Crippen LogP contribution in [-0.2, 0) is 6.54 Å². The lowest BCUT2D eigenvalue weighted by Crippen LogP contribution is -2.16. The maximum Gasteiger partial charge on any atom is 0.345 e. The molecule has 25 heavy (non-hydrogen) atoms. The number of nitrogens with one attached hydrogen (secondary N) is 3. The summed E-state index contributed by atoms with van der Waals surface area (Å²) in [5.74, 6) is -0.866. The molecule has 3 aromatic rings. The van der Waals surface area contributed by atoms with Crippen molar-refractivity contribution in [2.75, 3.05) is 5.32 Å².